The Morgan fingerprint density at radius 3 is 2.60 bits per heavy atom. The highest BCUT2D eigenvalue weighted by Crippen LogP contribution is 2.01. The zero-order valence-corrected chi connectivity index (χ0v) is 9.49. The lowest BCUT2D eigenvalue weighted by Crippen LogP contribution is -2.16. The van der Waals surface area contributed by atoms with Gasteiger partial charge in [0.25, 0.3) is 0 Å². The number of esters is 1. The Hall–Kier alpha value is -1.39. The lowest BCUT2D eigenvalue weighted by atomic mass is 10.4. The fraction of sp³-hybridized carbons (Fsp3) is 0.700. The summed E-state index contributed by atoms with van der Waals surface area (Å²) in [6.45, 7) is 6.33. The van der Waals surface area contributed by atoms with E-state index >= 15 is 0 Å². The topological polar surface area (TPSA) is 57.0 Å². The van der Waals surface area contributed by atoms with Crippen LogP contribution in [0.5, 0.6) is 0 Å². The van der Waals surface area contributed by atoms with Gasteiger partial charge in [-0.2, -0.15) is 5.10 Å². The SMILES string of the molecule is CCOC(=O)Cn1nc(CC)nc1CC. The molecule has 1 aromatic rings. The van der Waals surface area contributed by atoms with Crippen LogP contribution in [0.15, 0.2) is 0 Å². The Morgan fingerprint density at radius 2 is 2.07 bits per heavy atom. The van der Waals surface area contributed by atoms with Crippen LogP contribution in [-0.4, -0.2) is 27.3 Å². The number of aryl methyl sites for hydroxylation is 2. The third kappa shape index (κ3) is 3.04. The quantitative estimate of drug-likeness (QED) is 0.681. The van der Waals surface area contributed by atoms with Crippen molar-refractivity contribution in [3.05, 3.63) is 11.6 Å². The minimum absolute atomic E-state index is 0.157. The number of carbonyl (C=O) groups is 1. The highest BCUT2D eigenvalue weighted by Gasteiger charge is 2.10. The summed E-state index contributed by atoms with van der Waals surface area (Å²) in [5.41, 5.74) is 0. The van der Waals surface area contributed by atoms with Crippen LogP contribution >= 0.6 is 0 Å². The number of aromatic nitrogens is 3. The number of hydrogen-bond donors (Lipinski definition) is 0. The van der Waals surface area contributed by atoms with Gasteiger partial charge in [0.15, 0.2) is 5.82 Å². The molecule has 0 aliphatic heterocycles. The molecule has 0 amide bonds. The van der Waals surface area contributed by atoms with Gasteiger partial charge in [0.05, 0.1) is 6.61 Å². The first-order valence-electron chi connectivity index (χ1n) is 5.29. The van der Waals surface area contributed by atoms with Gasteiger partial charge in [0.1, 0.15) is 12.4 Å². The van der Waals surface area contributed by atoms with Gasteiger partial charge in [-0.05, 0) is 6.92 Å². The van der Waals surface area contributed by atoms with Crippen molar-refractivity contribution < 1.29 is 9.53 Å². The molecule has 0 unspecified atom stereocenters. The van der Waals surface area contributed by atoms with Crippen molar-refractivity contribution in [2.75, 3.05) is 6.61 Å². The summed E-state index contributed by atoms with van der Waals surface area (Å²) in [5, 5.41) is 4.23. The summed E-state index contributed by atoms with van der Waals surface area (Å²) in [6.07, 6.45) is 1.55. The van der Waals surface area contributed by atoms with Crippen LogP contribution in [0.3, 0.4) is 0 Å². The number of hydrogen-bond acceptors (Lipinski definition) is 4. The van der Waals surface area contributed by atoms with Crippen LogP contribution in [-0.2, 0) is 28.9 Å². The second-order valence-corrected chi connectivity index (χ2v) is 3.11. The van der Waals surface area contributed by atoms with Crippen molar-refractivity contribution in [3.8, 4) is 0 Å². The minimum Gasteiger partial charge on any atom is -0.465 e. The van der Waals surface area contributed by atoms with E-state index < -0.39 is 0 Å². The van der Waals surface area contributed by atoms with Crippen molar-refractivity contribution in [3.63, 3.8) is 0 Å². The monoisotopic (exact) mass is 211 g/mol. The average molecular weight is 211 g/mol. The molecule has 0 atom stereocenters. The van der Waals surface area contributed by atoms with E-state index in [0.717, 1.165) is 24.5 Å². The molecular formula is C10H17N3O2. The molecule has 1 rings (SSSR count). The fourth-order valence-corrected chi connectivity index (χ4v) is 1.29. The third-order valence-electron chi connectivity index (χ3n) is 2.01. The predicted octanol–water partition coefficient (Wildman–Crippen LogP) is 0.966. The molecule has 1 aromatic heterocycles. The average Bonchev–Trinajstić information content (AvgIpc) is 2.60. The van der Waals surface area contributed by atoms with E-state index in [2.05, 4.69) is 10.1 Å². The number of nitrogens with zero attached hydrogens (tertiary/aromatic N) is 3. The van der Waals surface area contributed by atoms with E-state index in [-0.39, 0.29) is 12.5 Å². The zero-order valence-electron chi connectivity index (χ0n) is 9.49. The van der Waals surface area contributed by atoms with Crippen molar-refractivity contribution >= 4 is 5.97 Å². The Morgan fingerprint density at radius 1 is 1.33 bits per heavy atom. The molecule has 0 aliphatic rings. The summed E-state index contributed by atoms with van der Waals surface area (Å²) in [7, 11) is 0. The van der Waals surface area contributed by atoms with Gasteiger partial charge in [-0.15, -0.1) is 0 Å². The Balaban J connectivity index is 2.74. The zero-order chi connectivity index (χ0) is 11.3. The standard InChI is InChI=1S/C10H17N3O2/c1-4-8-11-9(5-2)13(12-8)7-10(14)15-6-3/h4-7H2,1-3H3. The van der Waals surface area contributed by atoms with Crippen molar-refractivity contribution in [2.45, 2.75) is 40.2 Å². The van der Waals surface area contributed by atoms with Crippen LogP contribution in [0, 0.1) is 0 Å². The first kappa shape index (κ1) is 11.7. The molecule has 5 heteroatoms. The summed E-state index contributed by atoms with van der Waals surface area (Å²) in [4.78, 5) is 15.6. The lowest BCUT2D eigenvalue weighted by molar-refractivity contribution is -0.144. The summed E-state index contributed by atoms with van der Waals surface area (Å²) < 4.78 is 6.48. The Labute approximate surface area is 89.5 Å². The summed E-state index contributed by atoms with van der Waals surface area (Å²) >= 11 is 0. The van der Waals surface area contributed by atoms with Gasteiger partial charge in [0, 0.05) is 12.8 Å². The van der Waals surface area contributed by atoms with E-state index in [9.17, 15) is 4.79 Å². The van der Waals surface area contributed by atoms with Gasteiger partial charge in [0.2, 0.25) is 0 Å². The molecule has 1 heterocycles. The molecule has 0 fully saturated rings. The molecule has 0 N–H and O–H groups in total. The van der Waals surface area contributed by atoms with Crippen molar-refractivity contribution in [1.29, 1.82) is 0 Å². The first-order chi connectivity index (χ1) is 7.21. The van der Waals surface area contributed by atoms with Gasteiger partial charge in [-0.3, -0.25) is 4.79 Å². The first-order valence-corrected chi connectivity index (χ1v) is 5.29. The fourth-order valence-electron chi connectivity index (χ4n) is 1.29. The third-order valence-corrected chi connectivity index (χ3v) is 2.01. The molecule has 5 nitrogen and oxygen atoms in total. The molecule has 0 saturated carbocycles. The van der Waals surface area contributed by atoms with Gasteiger partial charge in [-0.1, -0.05) is 13.8 Å². The second kappa shape index (κ2) is 5.48. The lowest BCUT2D eigenvalue weighted by Gasteiger charge is -2.03. The molecule has 15 heavy (non-hydrogen) atoms. The van der Waals surface area contributed by atoms with E-state index in [0.29, 0.717) is 6.61 Å². The summed E-state index contributed by atoms with van der Waals surface area (Å²) in [5.74, 6) is 1.34. The molecule has 0 aliphatic carbocycles. The smallest absolute Gasteiger partial charge is 0.327 e. The second-order valence-electron chi connectivity index (χ2n) is 3.11. The Bertz CT molecular complexity index is 333. The molecule has 0 bridgehead atoms. The minimum atomic E-state index is -0.264. The van der Waals surface area contributed by atoms with Crippen LogP contribution in [0.2, 0.25) is 0 Å². The molecule has 0 radical (unpaired) electrons. The maximum Gasteiger partial charge on any atom is 0.327 e. The Kier molecular flexibility index (Phi) is 4.27. The predicted molar refractivity (Wildman–Crippen MR) is 55.4 cm³/mol. The van der Waals surface area contributed by atoms with Crippen molar-refractivity contribution in [1.82, 2.24) is 14.8 Å². The normalized spacial score (nSPS) is 10.3. The van der Waals surface area contributed by atoms with Crippen molar-refractivity contribution in [2.24, 2.45) is 0 Å². The van der Waals surface area contributed by atoms with Gasteiger partial charge in [-0.25, -0.2) is 9.67 Å². The van der Waals surface area contributed by atoms with E-state index in [1.54, 1.807) is 11.6 Å². The molecule has 84 valence electrons. The number of rotatable bonds is 5. The highest BCUT2D eigenvalue weighted by molar-refractivity contribution is 5.69. The molecular weight excluding hydrogens is 194 g/mol. The highest BCUT2D eigenvalue weighted by atomic mass is 16.5. The number of ether oxygens (including phenoxy) is 1. The maximum absolute atomic E-state index is 11.3. The van der Waals surface area contributed by atoms with Crippen LogP contribution in [0.4, 0.5) is 0 Å². The maximum atomic E-state index is 11.3. The van der Waals surface area contributed by atoms with Crippen LogP contribution < -0.4 is 0 Å². The van der Waals surface area contributed by atoms with E-state index in [1.807, 2.05) is 13.8 Å². The van der Waals surface area contributed by atoms with Gasteiger partial charge >= 0.3 is 5.97 Å². The molecule has 0 aromatic carbocycles. The summed E-state index contributed by atoms with van der Waals surface area (Å²) in [6, 6.07) is 0. The van der Waals surface area contributed by atoms with E-state index in [1.165, 1.54) is 0 Å². The molecule has 0 saturated heterocycles. The molecule has 0 spiro atoms. The van der Waals surface area contributed by atoms with E-state index in [4.69, 9.17) is 4.74 Å². The number of carbonyl (C=O) groups excluding carboxylic acids is 1. The van der Waals surface area contributed by atoms with Crippen LogP contribution in [0.1, 0.15) is 32.4 Å². The van der Waals surface area contributed by atoms with Crippen LogP contribution in [0.25, 0.3) is 0 Å². The largest absolute Gasteiger partial charge is 0.465 e. The van der Waals surface area contributed by atoms with Gasteiger partial charge < -0.3 is 4.74 Å².